The Morgan fingerprint density at radius 3 is 2.64 bits per heavy atom. The molecule has 7 nitrogen and oxygen atoms in total. The van der Waals surface area contributed by atoms with Crippen molar-refractivity contribution in [3.05, 3.63) is 23.8 Å². The van der Waals surface area contributed by atoms with Gasteiger partial charge < -0.3 is 11.1 Å². The molecule has 0 unspecified atom stereocenters. The summed E-state index contributed by atoms with van der Waals surface area (Å²) in [5.74, 6) is 3.94. The summed E-state index contributed by atoms with van der Waals surface area (Å²) in [6.45, 7) is 0.836. The number of nitrogens with zero attached hydrogens (tertiary/aromatic N) is 4. The highest BCUT2D eigenvalue weighted by molar-refractivity contribution is 7.99. The molecule has 4 N–H and O–H groups in total. The Kier molecular flexibility index (Phi) is 7.30. The van der Waals surface area contributed by atoms with Gasteiger partial charge in [0, 0.05) is 41.9 Å². The van der Waals surface area contributed by atoms with Crippen LogP contribution in [-0.2, 0) is 0 Å². The minimum absolute atomic E-state index is 0. The Bertz CT molecular complexity index is 660. The fourth-order valence-corrected chi connectivity index (χ4v) is 3.45. The Balaban J connectivity index is 0.00000113. The second-order valence-corrected chi connectivity index (χ2v) is 7.44. The summed E-state index contributed by atoms with van der Waals surface area (Å²) >= 11 is 1.67. The van der Waals surface area contributed by atoms with E-state index in [1.165, 1.54) is 12.8 Å². The van der Waals surface area contributed by atoms with Crippen LogP contribution in [0.25, 0.3) is 0 Å². The summed E-state index contributed by atoms with van der Waals surface area (Å²) in [5.41, 5.74) is 7.09. The van der Waals surface area contributed by atoms with Crippen LogP contribution >= 0.6 is 36.6 Å². The average molecular weight is 404 g/mol. The minimum Gasteiger partial charge on any atom is -0.369 e. The van der Waals surface area contributed by atoms with Crippen molar-refractivity contribution >= 4 is 42.4 Å². The largest absolute Gasteiger partial charge is 0.369 e. The van der Waals surface area contributed by atoms with Gasteiger partial charge in [-0.25, -0.2) is 9.97 Å². The number of anilines is 1. The van der Waals surface area contributed by atoms with Gasteiger partial charge >= 0.3 is 0 Å². The zero-order valence-electron chi connectivity index (χ0n) is 13.7. The van der Waals surface area contributed by atoms with Crippen molar-refractivity contribution in [2.24, 2.45) is 5.73 Å². The Morgan fingerprint density at radius 2 is 2.00 bits per heavy atom. The molecule has 0 spiro atoms. The number of rotatable bonds is 7. The Labute approximate surface area is 163 Å². The monoisotopic (exact) mass is 403 g/mol. The van der Waals surface area contributed by atoms with Crippen LogP contribution in [0.1, 0.15) is 49.0 Å². The number of hydrogen-bond acceptors (Lipinski definition) is 7. The maximum absolute atomic E-state index is 5.92. The number of hydrogen-bond donors (Lipinski definition) is 3. The summed E-state index contributed by atoms with van der Waals surface area (Å²) in [7, 11) is 0. The summed E-state index contributed by atoms with van der Waals surface area (Å²) < 4.78 is 0. The predicted molar refractivity (Wildman–Crippen MR) is 104 cm³/mol. The number of aromatic nitrogens is 5. The molecule has 2 saturated carbocycles. The van der Waals surface area contributed by atoms with E-state index < -0.39 is 0 Å². The molecular weight excluding hydrogens is 381 g/mol. The van der Waals surface area contributed by atoms with Crippen LogP contribution in [0.5, 0.6) is 0 Å². The van der Waals surface area contributed by atoms with Gasteiger partial charge in [-0.3, -0.25) is 0 Å². The van der Waals surface area contributed by atoms with Crippen LogP contribution in [0.4, 0.5) is 5.82 Å². The molecule has 0 atom stereocenters. The number of aromatic amines is 1. The zero-order chi connectivity index (χ0) is 15.6. The molecule has 0 aliphatic heterocycles. The fourth-order valence-electron chi connectivity index (χ4n) is 2.81. The van der Waals surface area contributed by atoms with Gasteiger partial charge in [-0.1, -0.05) is 0 Å². The van der Waals surface area contributed by atoms with E-state index in [0.717, 1.165) is 47.5 Å². The smallest absolute Gasteiger partial charge is 0.138 e. The first kappa shape index (κ1) is 20.2. The Hall–Kier alpha value is -1.09. The van der Waals surface area contributed by atoms with Gasteiger partial charge in [0.05, 0.1) is 6.20 Å². The second kappa shape index (κ2) is 9.02. The van der Waals surface area contributed by atoms with E-state index in [0.29, 0.717) is 17.9 Å². The van der Waals surface area contributed by atoms with Crippen molar-refractivity contribution in [2.45, 2.75) is 48.6 Å². The van der Waals surface area contributed by atoms with Crippen molar-refractivity contribution in [2.75, 3.05) is 17.6 Å². The molecule has 2 aliphatic carbocycles. The average Bonchev–Trinajstić information content (AvgIpc) is 3.25. The highest BCUT2D eigenvalue weighted by Gasteiger charge is 2.32. The highest BCUT2D eigenvalue weighted by atomic mass is 35.5. The van der Waals surface area contributed by atoms with Gasteiger partial charge in [0.1, 0.15) is 16.7 Å². The predicted octanol–water partition coefficient (Wildman–Crippen LogP) is 2.72. The number of H-pyrrole nitrogens is 1. The summed E-state index contributed by atoms with van der Waals surface area (Å²) in [5, 5.41) is 14.8. The van der Waals surface area contributed by atoms with Crippen molar-refractivity contribution in [1.82, 2.24) is 25.4 Å². The fraction of sp³-hybridized carbons (Fsp3) is 0.600. The molecule has 2 aromatic heterocycles. The van der Waals surface area contributed by atoms with Crippen molar-refractivity contribution < 1.29 is 0 Å². The van der Waals surface area contributed by atoms with E-state index in [-0.39, 0.29) is 24.8 Å². The van der Waals surface area contributed by atoms with Crippen LogP contribution in [-0.4, -0.2) is 43.7 Å². The van der Waals surface area contributed by atoms with Crippen molar-refractivity contribution in [3.8, 4) is 0 Å². The molecule has 0 aromatic carbocycles. The lowest BCUT2D eigenvalue weighted by Gasteiger charge is -2.32. The molecule has 0 radical (unpaired) electrons. The summed E-state index contributed by atoms with van der Waals surface area (Å²) in [6, 6.07) is 2.44. The standard InChI is InChI=1S/C15H21N7S.2ClH/c16-11-5-10(6-11)12-7-13(20-15(19-12)9-1-2-9)17-3-4-23-14-8-18-22-21-14;;/h7-11H,1-6,16H2,(H,17,19,20)(H,18,21,22);2*1H. The third-order valence-electron chi connectivity index (χ3n) is 4.35. The summed E-state index contributed by atoms with van der Waals surface area (Å²) in [4.78, 5) is 9.48. The van der Waals surface area contributed by atoms with Crippen molar-refractivity contribution in [3.63, 3.8) is 0 Å². The van der Waals surface area contributed by atoms with Crippen LogP contribution < -0.4 is 11.1 Å². The first-order valence-electron chi connectivity index (χ1n) is 8.15. The lowest BCUT2D eigenvalue weighted by Crippen LogP contribution is -2.35. The number of nitrogens with two attached hydrogens (primary N) is 1. The topological polar surface area (TPSA) is 105 Å². The highest BCUT2D eigenvalue weighted by Crippen LogP contribution is 2.41. The Morgan fingerprint density at radius 1 is 1.20 bits per heavy atom. The lowest BCUT2D eigenvalue weighted by atomic mass is 9.78. The first-order valence-corrected chi connectivity index (χ1v) is 9.13. The molecule has 2 fully saturated rings. The molecule has 2 heterocycles. The molecule has 0 saturated heterocycles. The zero-order valence-corrected chi connectivity index (χ0v) is 16.2. The first-order chi connectivity index (χ1) is 11.3. The van der Waals surface area contributed by atoms with Crippen LogP contribution in [0, 0.1) is 0 Å². The lowest BCUT2D eigenvalue weighted by molar-refractivity contribution is 0.344. The van der Waals surface area contributed by atoms with Gasteiger partial charge in [-0.2, -0.15) is 10.3 Å². The quantitative estimate of drug-likeness (QED) is 0.481. The maximum Gasteiger partial charge on any atom is 0.138 e. The molecule has 2 aromatic rings. The third-order valence-corrected chi connectivity index (χ3v) is 5.25. The molecule has 0 bridgehead atoms. The molecule has 4 rings (SSSR count). The van der Waals surface area contributed by atoms with Crippen LogP contribution in [0.3, 0.4) is 0 Å². The van der Waals surface area contributed by atoms with E-state index in [2.05, 4.69) is 26.8 Å². The number of nitrogens with one attached hydrogen (secondary N) is 2. The van der Waals surface area contributed by atoms with E-state index >= 15 is 0 Å². The SMILES string of the molecule is Cl.Cl.NC1CC(c2cc(NCCSc3cn[nH]n3)nc(C3CC3)n2)C1. The van der Waals surface area contributed by atoms with Gasteiger partial charge in [0.25, 0.3) is 0 Å². The number of thioether (sulfide) groups is 1. The van der Waals surface area contributed by atoms with Crippen LogP contribution in [0.2, 0.25) is 0 Å². The van der Waals surface area contributed by atoms with Crippen LogP contribution in [0.15, 0.2) is 17.3 Å². The normalized spacial score (nSPS) is 21.6. The van der Waals surface area contributed by atoms with Gasteiger partial charge in [-0.15, -0.1) is 41.7 Å². The number of halogens is 2. The molecule has 138 valence electrons. The molecule has 2 aliphatic rings. The summed E-state index contributed by atoms with van der Waals surface area (Å²) in [6.07, 6.45) is 6.26. The molecule has 10 heteroatoms. The van der Waals surface area contributed by atoms with Gasteiger partial charge in [0.15, 0.2) is 0 Å². The molecule has 25 heavy (non-hydrogen) atoms. The maximum atomic E-state index is 5.92. The minimum atomic E-state index is 0. The van der Waals surface area contributed by atoms with E-state index in [1.807, 2.05) is 0 Å². The van der Waals surface area contributed by atoms with Gasteiger partial charge in [-0.05, 0) is 25.7 Å². The van der Waals surface area contributed by atoms with E-state index in [1.54, 1.807) is 18.0 Å². The molecule has 0 amide bonds. The third kappa shape index (κ3) is 5.20. The second-order valence-electron chi connectivity index (χ2n) is 6.32. The van der Waals surface area contributed by atoms with Crippen molar-refractivity contribution in [1.29, 1.82) is 0 Å². The van der Waals surface area contributed by atoms with Gasteiger partial charge in [0.2, 0.25) is 0 Å². The molecular formula is C15H23Cl2N7S. The van der Waals surface area contributed by atoms with E-state index in [9.17, 15) is 0 Å². The van der Waals surface area contributed by atoms with E-state index in [4.69, 9.17) is 15.7 Å².